The second-order valence-electron chi connectivity index (χ2n) is 10.6. The van der Waals surface area contributed by atoms with Crippen LogP contribution in [0.4, 0.5) is 0 Å². The fourth-order valence-electron chi connectivity index (χ4n) is 6.47. The summed E-state index contributed by atoms with van der Waals surface area (Å²) in [5.74, 6) is 0.728. The summed E-state index contributed by atoms with van der Waals surface area (Å²) >= 11 is 0. The van der Waals surface area contributed by atoms with Gasteiger partial charge in [-0.1, -0.05) is 74.4 Å². The van der Waals surface area contributed by atoms with Crippen molar-refractivity contribution in [2.75, 3.05) is 6.54 Å². The quantitative estimate of drug-likeness (QED) is 0.528. The van der Waals surface area contributed by atoms with E-state index in [1.807, 2.05) is 0 Å². The Morgan fingerprint density at radius 3 is 2.67 bits per heavy atom. The largest absolute Gasteiger partial charge is 0.388 e. The molecule has 1 saturated heterocycles. The van der Waals surface area contributed by atoms with E-state index in [1.54, 1.807) is 5.56 Å². The number of fused-ring (bicyclic) bond motifs is 1. The third-order valence-corrected chi connectivity index (χ3v) is 8.38. The molecule has 33 heavy (non-hydrogen) atoms. The Kier molecular flexibility index (Phi) is 7.18. The molecule has 2 fully saturated rings. The summed E-state index contributed by atoms with van der Waals surface area (Å²) in [5.41, 5.74) is 7.21. The Hall–Kier alpha value is -2.10. The molecule has 2 aromatic carbocycles. The molecule has 2 heterocycles. The molecule has 5 rings (SSSR count). The van der Waals surface area contributed by atoms with Gasteiger partial charge >= 0.3 is 0 Å². The van der Waals surface area contributed by atoms with Gasteiger partial charge in [0.05, 0.1) is 0 Å². The summed E-state index contributed by atoms with van der Waals surface area (Å²) in [6, 6.07) is 19.8. The van der Waals surface area contributed by atoms with Crippen LogP contribution in [0.25, 0.3) is 0 Å². The highest BCUT2D eigenvalue weighted by Gasteiger charge is 2.34. The standard InChI is InChI=1S/C30H41N3/c1-22-30(14-9-17-31-22)33-21-27-19-25(15-16-28(27)23(33)2)18-26-12-7-4-8-13-29(26)32-20-24-10-5-3-6-11-24/h3,5-6,10-11,15-16,19,23,26,29-32H,1,4,7-9,12-14,17-18,20-21H2,2H3. The summed E-state index contributed by atoms with van der Waals surface area (Å²) < 4.78 is 0. The van der Waals surface area contributed by atoms with Gasteiger partial charge in [-0.3, -0.25) is 4.90 Å². The van der Waals surface area contributed by atoms with E-state index in [0.29, 0.717) is 18.1 Å². The Morgan fingerprint density at radius 2 is 1.82 bits per heavy atom. The van der Waals surface area contributed by atoms with Crippen LogP contribution in [-0.2, 0) is 19.5 Å². The molecule has 3 aliphatic rings. The van der Waals surface area contributed by atoms with Crippen LogP contribution in [0, 0.1) is 5.92 Å². The van der Waals surface area contributed by atoms with Crippen molar-refractivity contribution in [1.82, 2.24) is 15.5 Å². The summed E-state index contributed by atoms with van der Waals surface area (Å²) in [6.45, 7) is 9.83. The van der Waals surface area contributed by atoms with Crippen molar-refractivity contribution in [3.8, 4) is 0 Å². The number of hydrogen-bond acceptors (Lipinski definition) is 3. The fraction of sp³-hybridized carbons (Fsp3) is 0.533. The van der Waals surface area contributed by atoms with Crippen LogP contribution < -0.4 is 10.6 Å². The van der Waals surface area contributed by atoms with Gasteiger partial charge in [-0.2, -0.15) is 0 Å². The third kappa shape index (κ3) is 5.20. The second kappa shape index (κ2) is 10.4. The molecule has 3 heteroatoms. The van der Waals surface area contributed by atoms with E-state index in [-0.39, 0.29) is 0 Å². The lowest BCUT2D eigenvalue weighted by molar-refractivity contribution is 0.155. The Balaban J connectivity index is 1.27. The average Bonchev–Trinajstić information content (AvgIpc) is 3.00. The molecular weight excluding hydrogens is 402 g/mol. The summed E-state index contributed by atoms with van der Waals surface area (Å²) in [6.07, 6.45) is 10.5. The molecule has 0 aromatic heterocycles. The number of hydrogen-bond donors (Lipinski definition) is 2. The maximum atomic E-state index is 4.33. The highest BCUT2D eigenvalue weighted by Crippen LogP contribution is 2.39. The van der Waals surface area contributed by atoms with E-state index in [9.17, 15) is 0 Å². The van der Waals surface area contributed by atoms with Crippen LogP contribution in [0.2, 0.25) is 0 Å². The molecule has 4 unspecified atom stereocenters. The van der Waals surface area contributed by atoms with Crippen LogP contribution in [0.1, 0.15) is 80.2 Å². The molecule has 0 radical (unpaired) electrons. The highest BCUT2D eigenvalue weighted by molar-refractivity contribution is 5.38. The van der Waals surface area contributed by atoms with E-state index < -0.39 is 0 Å². The Bertz CT molecular complexity index is 937. The number of nitrogens with one attached hydrogen (secondary N) is 2. The van der Waals surface area contributed by atoms with E-state index in [0.717, 1.165) is 25.6 Å². The summed E-state index contributed by atoms with van der Waals surface area (Å²) in [7, 11) is 0. The van der Waals surface area contributed by atoms with Gasteiger partial charge in [0.2, 0.25) is 0 Å². The molecule has 1 aliphatic carbocycles. The van der Waals surface area contributed by atoms with E-state index in [1.165, 1.54) is 73.8 Å². The first kappa shape index (κ1) is 22.7. The lowest BCUT2D eigenvalue weighted by Crippen LogP contribution is -2.42. The smallest absolute Gasteiger partial charge is 0.0499 e. The molecule has 2 aromatic rings. The van der Waals surface area contributed by atoms with Gasteiger partial charge in [0.25, 0.3) is 0 Å². The number of benzene rings is 2. The fourth-order valence-corrected chi connectivity index (χ4v) is 6.47. The minimum Gasteiger partial charge on any atom is -0.388 e. The molecule has 1 saturated carbocycles. The zero-order valence-electron chi connectivity index (χ0n) is 20.4. The minimum absolute atomic E-state index is 0.470. The normalized spacial score (nSPS) is 28.2. The van der Waals surface area contributed by atoms with E-state index in [2.05, 4.69) is 77.6 Å². The maximum absolute atomic E-state index is 4.33. The van der Waals surface area contributed by atoms with Crippen molar-refractivity contribution in [3.63, 3.8) is 0 Å². The Morgan fingerprint density at radius 1 is 0.970 bits per heavy atom. The maximum Gasteiger partial charge on any atom is 0.0499 e. The number of piperidine rings is 1. The third-order valence-electron chi connectivity index (χ3n) is 8.38. The molecule has 176 valence electrons. The minimum atomic E-state index is 0.470. The molecule has 4 atom stereocenters. The number of nitrogens with zero attached hydrogens (tertiary/aromatic N) is 1. The van der Waals surface area contributed by atoms with E-state index >= 15 is 0 Å². The van der Waals surface area contributed by atoms with Gasteiger partial charge < -0.3 is 10.6 Å². The zero-order chi connectivity index (χ0) is 22.6. The molecule has 0 bridgehead atoms. The predicted molar refractivity (Wildman–Crippen MR) is 138 cm³/mol. The van der Waals surface area contributed by atoms with Crippen LogP contribution in [0.5, 0.6) is 0 Å². The lowest BCUT2D eigenvalue weighted by Gasteiger charge is -2.36. The Labute approximate surface area is 200 Å². The van der Waals surface area contributed by atoms with Gasteiger partial charge in [0.1, 0.15) is 0 Å². The molecule has 0 amide bonds. The van der Waals surface area contributed by atoms with Crippen molar-refractivity contribution in [2.45, 2.75) is 89.5 Å². The highest BCUT2D eigenvalue weighted by atomic mass is 15.2. The summed E-state index contributed by atoms with van der Waals surface area (Å²) in [4.78, 5) is 2.67. The van der Waals surface area contributed by atoms with Gasteiger partial charge in [-0.15, -0.1) is 0 Å². The first-order chi connectivity index (χ1) is 16.2. The molecule has 0 spiro atoms. The van der Waals surface area contributed by atoms with E-state index in [4.69, 9.17) is 0 Å². The van der Waals surface area contributed by atoms with Crippen molar-refractivity contribution < 1.29 is 0 Å². The van der Waals surface area contributed by atoms with Crippen LogP contribution in [-0.4, -0.2) is 23.5 Å². The van der Waals surface area contributed by atoms with Crippen LogP contribution in [0.3, 0.4) is 0 Å². The molecule has 2 N–H and O–H groups in total. The second-order valence-corrected chi connectivity index (χ2v) is 10.6. The SMILES string of the molecule is C=C1NCCCC1N1Cc2cc(CC3CCCCCC3NCc3ccccc3)ccc2C1C. The monoisotopic (exact) mass is 443 g/mol. The van der Waals surface area contributed by atoms with Gasteiger partial charge in [-0.05, 0) is 67.2 Å². The predicted octanol–water partition coefficient (Wildman–Crippen LogP) is 6.11. The molecular formula is C30H41N3. The lowest BCUT2D eigenvalue weighted by atomic mass is 9.87. The average molecular weight is 444 g/mol. The van der Waals surface area contributed by atoms with Gasteiger partial charge in [0, 0.05) is 43.5 Å². The van der Waals surface area contributed by atoms with Crippen molar-refractivity contribution in [1.29, 1.82) is 0 Å². The van der Waals surface area contributed by atoms with Gasteiger partial charge in [-0.25, -0.2) is 0 Å². The molecule has 2 aliphatic heterocycles. The topological polar surface area (TPSA) is 27.3 Å². The zero-order valence-corrected chi connectivity index (χ0v) is 20.4. The van der Waals surface area contributed by atoms with Crippen molar-refractivity contribution in [2.24, 2.45) is 5.92 Å². The van der Waals surface area contributed by atoms with Crippen molar-refractivity contribution in [3.05, 3.63) is 83.1 Å². The van der Waals surface area contributed by atoms with Crippen LogP contribution >= 0.6 is 0 Å². The van der Waals surface area contributed by atoms with Crippen LogP contribution in [0.15, 0.2) is 60.8 Å². The first-order valence-electron chi connectivity index (χ1n) is 13.3. The van der Waals surface area contributed by atoms with Gasteiger partial charge in [0.15, 0.2) is 0 Å². The summed E-state index contributed by atoms with van der Waals surface area (Å²) in [5, 5.41) is 7.45. The molecule has 3 nitrogen and oxygen atoms in total. The first-order valence-corrected chi connectivity index (χ1v) is 13.3. The van der Waals surface area contributed by atoms with Crippen molar-refractivity contribution >= 4 is 0 Å². The number of rotatable bonds is 6.